The molecule has 0 atom stereocenters. The highest BCUT2D eigenvalue weighted by Crippen LogP contribution is 2.32. The van der Waals surface area contributed by atoms with Gasteiger partial charge in [-0.1, -0.05) is 35.1 Å². The molecule has 3 aromatic carbocycles. The van der Waals surface area contributed by atoms with Crippen LogP contribution in [0.25, 0.3) is 10.2 Å². The molecule has 0 saturated heterocycles. The lowest BCUT2D eigenvalue weighted by Gasteiger charge is -2.21. The largest absolute Gasteiger partial charge is 0.309 e. The van der Waals surface area contributed by atoms with Gasteiger partial charge in [0.15, 0.2) is 5.13 Å². The van der Waals surface area contributed by atoms with Crippen molar-refractivity contribution in [3.05, 3.63) is 82.9 Å². The van der Waals surface area contributed by atoms with E-state index in [1.165, 1.54) is 16.9 Å². The van der Waals surface area contributed by atoms with Gasteiger partial charge in [-0.2, -0.15) is 0 Å². The number of hydrogen-bond donors (Lipinski definition) is 1. The highest BCUT2D eigenvalue weighted by Gasteiger charge is 2.22. The van der Waals surface area contributed by atoms with Gasteiger partial charge in [-0.05, 0) is 101 Å². The molecule has 194 valence electrons. The minimum atomic E-state index is -3.78. The molecule has 37 heavy (non-hydrogen) atoms. The molecule has 1 aromatic heterocycles. The van der Waals surface area contributed by atoms with Gasteiger partial charge >= 0.3 is 0 Å². The van der Waals surface area contributed by atoms with Crippen molar-refractivity contribution in [3.63, 3.8) is 0 Å². The van der Waals surface area contributed by atoms with Crippen LogP contribution in [0.3, 0.4) is 0 Å². The van der Waals surface area contributed by atoms with Crippen molar-refractivity contribution in [1.29, 1.82) is 0 Å². The van der Waals surface area contributed by atoms with Crippen molar-refractivity contribution < 1.29 is 13.2 Å². The highest BCUT2D eigenvalue weighted by molar-refractivity contribution is 7.92. The first-order valence-corrected chi connectivity index (χ1v) is 14.4. The van der Waals surface area contributed by atoms with Crippen LogP contribution in [0.1, 0.15) is 33.5 Å². The Morgan fingerprint density at radius 1 is 0.946 bits per heavy atom. The fourth-order valence-electron chi connectivity index (χ4n) is 3.92. The molecular weight excluding hydrogens is 504 g/mol. The van der Waals surface area contributed by atoms with Crippen LogP contribution in [0, 0.1) is 20.8 Å². The highest BCUT2D eigenvalue weighted by atomic mass is 32.2. The van der Waals surface area contributed by atoms with Gasteiger partial charge in [0.2, 0.25) is 0 Å². The topological polar surface area (TPSA) is 82.6 Å². The van der Waals surface area contributed by atoms with Crippen LogP contribution in [0.4, 0.5) is 10.8 Å². The van der Waals surface area contributed by atoms with E-state index in [2.05, 4.69) is 29.5 Å². The number of nitrogens with zero attached hydrogens (tertiary/aromatic N) is 3. The van der Waals surface area contributed by atoms with Crippen molar-refractivity contribution >= 4 is 48.3 Å². The minimum Gasteiger partial charge on any atom is -0.309 e. The Morgan fingerprint density at radius 2 is 1.65 bits per heavy atom. The van der Waals surface area contributed by atoms with Crippen molar-refractivity contribution in [3.8, 4) is 0 Å². The van der Waals surface area contributed by atoms with Crippen molar-refractivity contribution in [1.82, 2.24) is 9.88 Å². The summed E-state index contributed by atoms with van der Waals surface area (Å²) < 4.78 is 29.4. The molecule has 4 aromatic rings. The van der Waals surface area contributed by atoms with Gasteiger partial charge in [0.25, 0.3) is 15.9 Å². The van der Waals surface area contributed by atoms with E-state index in [1.807, 2.05) is 27.1 Å². The molecule has 0 radical (unpaired) electrons. The fourth-order valence-corrected chi connectivity index (χ4v) is 6.03. The Morgan fingerprint density at radius 3 is 2.35 bits per heavy atom. The second-order valence-electron chi connectivity index (χ2n) is 9.51. The Balaban J connectivity index is 1.64. The summed E-state index contributed by atoms with van der Waals surface area (Å²) in [5.74, 6) is -0.220. The predicted molar refractivity (Wildman–Crippen MR) is 152 cm³/mol. The third-order valence-corrected chi connectivity index (χ3v) is 8.59. The summed E-state index contributed by atoms with van der Waals surface area (Å²) >= 11 is 1.49. The summed E-state index contributed by atoms with van der Waals surface area (Å²) in [5, 5.41) is 0.634. The lowest BCUT2D eigenvalue weighted by molar-refractivity contribution is 0.0986. The summed E-state index contributed by atoms with van der Waals surface area (Å²) in [4.78, 5) is 22.5. The number of nitrogens with one attached hydrogen (secondary N) is 1. The Bertz CT molecular complexity index is 1490. The molecule has 9 heteroatoms. The molecule has 0 fully saturated rings. The van der Waals surface area contributed by atoms with E-state index in [0.29, 0.717) is 22.9 Å². The molecule has 0 saturated carbocycles. The smallest absolute Gasteiger partial charge is 0.261 e. The standard InChI is InChI=1S/C28H32N4O3S2/c1-19-10-12-24(13-11-19)37(34,35)30-23-9-6-8-22(18-23)27(33)32(15-7-14-31(4)5)28-29-25-16-20(2)21(3)17-26(25)36-28/h6,8-13,16-18,30H,7,14-15H2,1-5H3. The van der Waals surface area contributed by atoms with Crippen LogP contribution >= 0.6 is 11.3 Å². The maximum atomic E-state index is 13.8. The molecule has 0 unspecified atom stereocenters. The molecular formula is C28H32N4O3S2. The molecule has 1 heterocycles. The summed E-state index contributed by atoms with van der Waals surface area (Å²) in [7, 11) is 0.213. The first-order chi connectivity index (χ1) is 17.5. The second-order valence-corrected chi connectivity index (χ2v) is 12.2. The number of aromatic nitrogens is 1. The summed E-state index contributed by atoms with van der Waals surface area (Å²) in [6.45, 7) is 7.34. The van der Waals surface area contributed by atoms with Gasteiger partial charge in [-0.3, -0.25) is 14.4 Å². The van der Waals surface area contributed by atoms with Gasteiger partial charge in [-0.15, -0.1) is 0 Å². The summed E-state index contributed by atoms with van der Waals surface area (Å²) in [5.41, 5.74) is 4.90. The molecule has 0 aliphatic rings. The van der Waals surface area contributed by atoms with Crippen LogP contribution in [0.15, 0.2) is 65.6 Å². The number of rotatable bonds is 9. The average molecular weight is 537 g/mol. The zero-order valence-electron chi connectivity index (χ0n) is 21.8. The van der Waals surface area contributed by atoms with Crippen LogP contribution in [0.5, 0.6) is 0 Å². The molecule has 0 spiro atoms. The monoisotopic (exact) mass is 536 g/mol. The van der Waals surface area contributed by atoms with E-state index in [-0.39, 0.29) is 10.8 Å². The van der Waals surface area contributed by atoms with E-state index < -0.39 is 10.0 Å². The molecule has 1 amide bonds. The first kappa shape index (κ1) is 26.8. The number of carbonyl (C=O) groups is 1. The molecule has 7 nitrogen and oxygen atoms in total. The van der Waals surface area contributed by atoms with Gasteiger partial charge in [0, 0.05) is 17.8 Å². The Labute approximate surface area is 222 Å². The van der Waals surface area contributed by atoms with Gasteiger partial charge in [0.1, 0.15) is 0 Å². The van der Waals surface area contributed by atoms with Crippen LogP contribution in [-0.4, -0.2) is 51.4 Å². The fraction of sp³-hybridized carbons (Fsp3) is 0.286. The third kappa shape index (κ3) is 6.36. The molecule has 4 rings (SSSR count). The van der Waals surface area contributed by atoms with E-state index >= 15 is 0 Å². The lowest BCUT2D eigenvalue weighted by Crippen LogP contribution is -2.33. The normalized spacial score (nSPS) is 11.7. The summed E-state index contributed by atoms with van der Waals surface area (Å²) in [6, 6.07) is 17.4. The first-order valence-electron chi connectivity index (χ1n) is 12.1. The number of aryl methyl sites for hydroxylation is 3. The number of thiazole rings is 1. The number of sulfonamides is 1. The third-order valence-electron chi connectivity index (χ3n) is 6.15. The van der Waals surface area contributed by atoms with Crippen molar-refractivity contribution in [2.45, 2.75) is 32.1 Å². The lowest BCUT2D eigenvalue weighted by atomic mass is 10.1. The maximum absolute atomic E-state index is 13.8. The average Bonchev–Trinajstić information content (AvgIpc) is 3.24. The number of hydrogen-bond acceptors (Lipinski definition) is 6. The minimum absolute atomic E-state index is 0.167. The van der Waals surface area contributed by atoms with E-state index in [9.17, 15) is 13.2 Å². The van der Waals surface area contributed by atoms with E-state index in [4.69, 9.17) is 4.98 Å². The molecule has 1 N–H and O–H groups in total. The second kappa shape index (κ2) is 11.0. The van der Waals surface area contributed by atoms with E-state index in [0.717, 1.165) is 34.3 Å². The molecule has 0 aliphatic carbocycles. The number of amides is 1. The van der Waals surface area contributed by atoms with Crippen molar-refractivity contribution in [2.24, 2.45) is 0 Å². The SMILES string of the molecule is Cc1ccc(S(=O)(=O)Nc2cccc(C(=O)N(CCCN(C)C)c3nc4cc(C)c(C)cc4s3)c2)cc1. The number of benzene rings is 3. The van der Waals surface area contributed by atoms with Crippen LogP contribution in [0.2, 0.25) is 0 Å². The molecule has 0 bridgehead atoms. The summed E-state index contributed by atoms with van der Waals surface area (Å²) in [6.07, 6.45) is 0.770. The number of anilines is 2. The molecule has 0 aliphatic heterocycles. The predicted octanol–water partition coefficient (Wildman–Crippen LogP) is 5.62. The van der Waals surface area contributed by atoms with Crippen LogP contribution < -0.4 is 9.62 Å². The van der Waals surface area contributed by atoms with Gasteiger partial charge < -0.3 is 4.90 Å². The van der Waals surface area contributed by atoms with E-state index in [1.54, 1.807) is 53.4 Å². The van der Waals surface area contributed by atoms with Gasteiger partial charge in [-0.25, -0.2) is 13.4 Å². The Hall–Kier alpha value is -3.27. The number of carbonyl (C=O) groups excluding carboxylic acids is 1. The van der Waals surface area contributed by atoms with Crippen molar-refractivity contribution in [2.75, 3.05) is 36.8 Å². The zero-order chi connectivity index (χ0) is 26.7. The van der Waals surface area contributed by atoms with Gasteiger partial charge in [0.05, 0.1) is 15.1 Å². The number of fused-ring (bicyclic) bond motifs is 1. The van der Waals surface area contributed by atoms with Crippen LogP contribution in [-0.2, 0) is 10.0 Å². The maximum Gasteiger partial charge on any atom is 0.261 e. The Kier molecular flexibility index (Phi) is 7.96. The zero-order valence-corrected chi connectivity index (χ0v) is 23.4. The quantitative estimate of drug-likeness (QED) is 0.300.